The molecule has 0 saturated heterocycles. The summed E-state index contributed by atoms with van der Waals surface area (Å²) in [6.45, 7) is 7.71. The van der Waals surface area contributed by atoms with E-state index < -0.39 is 0 Å². The first-order valence-corrected chi connectivity index (χ1v) is 6.42. The fourth-order valence-electron chi connectivity index (χ4n) is 1.28. The van der Waals surface area contributed by atoms with E-state index in [4.69, 9.17) is 0 Å². The van der Waals surface area contributed by atoms with Crippen molar-refractivity contribution in [3.8, 4) is 0 Å². The number of amides is 2. The standard InChI is InChI=1S/C12H15N3O2.C2H6/c1-3-9-15(10(2)16)12(17)6-5-11-13-7-4-8-14-11;1-2/h4-8H,3,9H2,1-2H3;1-2H3/b6-5+;. The molecule has 0 unspecified atom stereocenters. The van der Waals surface area contributed by atoms with Gasteiger partial charge in [0, 0.05) is 31.9 Å². The van der Waals surface area contributed by atoms with Gasteiger partial charge in [-0.25, -0.2) is 9.97 Å². The Labute approximate surface area is 114 Å². The second kappa shape index (κ2) is 9.94. The number of imide groups is 1. The number of carbonyl (C=O) groups is 2. The van der Waals surface area contributed by atoms with Crippen molar-refractivity contribution in [1.82, 2.24) is 14.9 Å². The Morgan fingerprint density at radius 3 is 2.32 bits per heavy atom. The molecule has 2 amide bonds. The molecule has 1 rings (SSSR count). The van der Waals surface area contributed by atoms with E-state index in [0.717, 1.165) is 6.42 Å². The van der Waals surface area contributed by atoms with Crippen molar-refractivity contribution in [1.29, 1.82) is 0 Å². The maximum atomic E-state index is 11.7. The molecule has 0 spiro atoms. The summed E-state index contributed by atoms with van der Waals surface area (Å²) in [5, 5.41) is 0. The Morgan fingerprint density at radius 1 is 1.26 bits per heavy atom. The Balaban J connectivity index is 0.00000154. The minimum atomic E-state index is -0.341. The third-order valence-electron chi connectivity index (χ3n) is 2.05. The number of aromatic nitrogens is 2. The van der Waals surface area contributed by atoms with Crippen LogP contribution in [0.3, 0.4) is 0 Å². The molecule has 19 heavy (non-hydrogen) atoms. The summed E-state index contributed by atoms with van der Waals surface area (Å²) in [5.41, 5.74) is 0. The van der Waals surface area contributed by atoms with Crippen LogP contribution in [-0.2, 0) is 9.59 Å². The minimum absolute atomic E-state index is 0.254. The minimum Gasteiger partial charge on any atom is -0.279 e. The van der Waals surface area contributed by atoms with Crippen LogP contribution in [0.25, 0.3) is 6.08 Å². The van der Waals surface area contributed by atoms with Crippen LogP contribution >= 0.6 is 0 Å². The Bertz CT molecular complexity index is 416. The molecule has 0 bridgehead atoms. The summed E-state index contributed by atoms with van der Waals surface area (Å²) in [6, 6.07) is 1.69. The van der Waals surface area contributed by atoms with Crippen molar-refractivity contribution in [2.45, 2.75) is 34.1 Å². The summed E-state index contributed by atoms with van der Waals surface area (Å²) in [7, 11) is 0. The highest BCUT2D eigenvalue weighted by atomic mass is 16.2. The highest BCUT2D eigenvalue weighted by molar-refractivity contribution is 6.01. The molecule has 0 aromatic carbocycles. The van der Waals surface area contributed by atoms with Crippen molar-refractivity contribution >= 4 is 17.9 Å². The molecule has 0 atom stereocenters. The van der Waals surface area contributed by atoms with Gasteiger partial charge in [-0.15, -0.1) is 0 Å². The molecule has 1 aromatic rings. The fourth-order valence-corrected chi connectivity index (χ4v) is 1.28. The molecule has 1 aromatic heterocycles. The number of hydrogen-bond acceptors (Lipinski definition) is 4. The van der Waals surface area contributed by atoms with Crippen LogP contribution in [0.4, 0.5) is 0 Å². The van der Waals surface area contributed by atoms with E-state index in [2.05, 4.69) is 9.97 Å². The van der Waals surface area contributed by atoms with Gasteiger partial charge in [-0.3, -0.25) is 14.5 Å². The highest BCUT2D eigenvalue weighted by Crippen LogP contribution is 1.98. The molecule has 5 heteroatoms. The van der Waals surface area contributed by atoms with E-state index in [9.17, 15) is 9.59 Å². The summed E-state index contributed by atoms with van der Waals surface area (Å²) in [5.74, 6) is -0.150. The third-order valence-corrected chi connectivity index (χ3v) is 2.05. The van der Waals surface area contributed by atoms with Crippen molar-refractivity contribution in [2.24, 2.45) is 0 Å². The van der Waals surface area contributed by atoms with E-state index in [1.165, 1.54) is 24.0 Å². The van der Waals surface area contributed by atoms with Gasteiger partial charge in [-0.05, 0) is 18.6 Å². The molecule has 104 valence electrons. The van der Waals surface area contributed by atoms with Gasteiger partial charge in [0.2, 0.25) is 5.91 Å². The van der Waals surface area contributed by atoms with Crippen molar-refractivity contribution in [2.75, 3.05) is 6.54 Å². The fraction of sp³-hybridized carbons (Fsp3) is 0.429. The number of rotatable bonds is 4. The van der Waals surface area contributed by atoms with Gasteiger partial charge in [-0.2, -0.15) is 0 Å². The highest BCUT2D eigenvalue weighted by Gasteiger charge is 2.13. The zero-order valence-corrected chi connectivity index (χ0v) is 12.0. The maximum absolute atomic E-state index is 11.7. The second-order valence-electron chi connectivity index (χ2n) is 3.45. The molecule has 0 aliphatic heterocycles. The van der Waals surface area contributed by atoms with Crippen LogP contribution < -0.4 is 0 Å². The van der Waals surface area contributed by atoms with Gasteiger partial charge in [-0.1, -0.05) is 20.8 Å². The molecule has 5 nitrogen and oxygen atoms in total. The van der Waals surface area contributed by atoms with E-state index in [1.54, 1.807) is 18.5 Å². The monoisotopic (exact) mass is 263 g/mol. The van der Waals surface area contributed by atoms with Gasteiger partial charge in [0.15, 0.2) is 5.82 Å². The second-order valence-corrected chi connectivity index (χ2v) is 3.45. The van der Waals surface area contributed by atoms with E-state index in [0.29, 0.717) is 12.4 Å². The van der Waals surface area contributed by atoms with E-state index in [1.807, 2.05) is 20.8 Å². The van der Waals surface area contributed by atoms with Crippen molar-refractivity contribution in [3.05, 3.63) is 30.4 Å². The zero-order valence-electron chi connectivity index (χ0n) is 12.0. The van der Waals surface area contributed by atoms with Crippen LogP contribution in [0.1, 0.15) is 39.9 Å². The van der Waals surface area contributed by atoms with Gasteiger partial charge in [0.1, 0.15) is 0 Å². The lowest BCUT2D eigenvalue weighted by Gasteiger charge is -2.15. The molecule has 0 N–H and O–H groups in total. The normalized spacial score (nSPS) is 9.68. The Hall–Kier alpha value is -2.04. The van der Waals surface area contributed by atoms with Crippen LogP contribution in [0.5, 0.6) is 0 Å². The van der Waals surface area contributed by atoms with Crippen LogP contribution in [0, 0.1) is 0 Å². The molecule has 1 heterocycles. The predicted octanol–water partition coefficient (Wildman–Crippen LogP) is 2.30. The molecular weight excluding hydrogens is 242 g/mol. The van der Waals surface area contributed by atoms with Crippen LogP contribution in [-0.4, -0.2) is 33.2 Å². The SMILES string of the molecule is CC.CCCN(C(C)=O)C(=O)/C=C/c1ncccn1. The first kappa shape index (κ1) is 17.0. The third kappa shape index (κ3) is 6.45. The molecule has 0 radical (unpaired) electrons. The van der Waals surface area contributed by atoms with Gasteiger partial charge in [0.25, 0.3) is 5.91 Å². The molecule has 0 fully saturated rings. The maximum Gasteiger partial charge on any atom is 0.253 e. The Morgan fingerprint density at radius 2 is 1.84 bits per heavy atom. The lowest BCUT2D eigenvalue weighted by Crippen LogP contribution is -2.34. The summed E-state index contributed by atoms with van der Waals surface area (Å²) < 4.78 is 0. The van der Waals surface area contributed by atoms with E-state index in [-0.39, 0.29) is 11.8 Å². The largest absolute Gasteiger partial charge is 0.279 e. The summed E-state index contributed by atoms with van der Waals surface area (Å²) in [4.78, 5) is 32.0. The van der Waals surface area contributed by atoms with Gasteiger partial charge < -0.3 is 0 Å². The number of hydrogen-bond donors (Lipinski definition) is 0. The molecule has 0 aliphatic carbocycles. The predicted molar refractivity (Wildman–Crippen MR) is 75.1 cm³/mol. The van der Waals surface area contributed by atoms with Crippen molar-refractivity contribution < 1.29 is 9.59 Å². The summed E-state index contributed by atoms with van der Waals surface area (Å²) >= 11 is 0. The molecule has 0 aliphatic rings. The van der Waals surface area contributed by atoms with E-state index >= 15 is 0 Å². The smallest absolute Gasteiger partial charge is 0.253 e. The summed E-state index contributed by atoms with van der Waals surface area (Å²) in [6.07, 6.45) is 6.72. The zero-order chi connectivity index (χ0) is 14.7. The quantitative estimate of drug-likeness (QED) is 0.782. The lowest BCUT2D eigenvalue weighted by molar-refractivity contribution is -0.140. The topological polar surface area (TPSA) is 63.2 Å². The Kier molecular flexibility index (Phi) is 8.87. The van der Waals surface area contributed by atoms with Gasteiger partial charge in [0.05, 0.1) is 0 Å². The van der Waals surface area contributed by atoms with Gasteiger partial charge >= 0.3 is 0 Å². The van der Waals surface area contributed by atoms with Crippen molar-refractivity contribution in [3.63, 3.8) is 0 Å². The molecule has 0 saturated carbocycles. The van der Waals surface area contributed by atoms with Crippen LogP contribution in [0.15, 0.2) is 24.5 Å². The average molecular weight is 263 g/mol. The first-order valence-electron chi connectivity index (χ1n) is 6.42. The lowest BCUT2D eigenvalue weighted by atomic mass is 10.3. The first-order chi connectivity index (χ1) is 9.15. The average Bonchev–Trinajstić information content (AvgIpc) is 2.45. The van der Waals surface area contributed by atoms with Crippen LogP contribution in [0.2, 0.25) is 0 Å². The number of nitrogens with zero attached hydrogens (tertiary/aromatic N) is 3. The molecular formula is C14H21N3O2. The number of carbonyl (C=O) groups excluding carboxylic acids is 2.